The van der Waals surface area contributed by atoms with Crippen LogP contribution in [0.2, 0.25) is 10.0 Å². The fourth-order valence-electron chi connectivity index (χ4n) is 2.91. The van der Waals surface area contributed by atoms with E-state index in [1.165, 1.54) is 32.2 Å². The lowest BCUT2D eigenvalue weighted by Crippen LogP contribution is -2.44. The monoisotopic (exact) mass is 342 g/mol. The molecule has 122 valence electrons. The number of para-hydroxylation sites is 1. The molecule has 3 nitrogen and oxygen atoms in total. The molecule has 1 aromatic carbocycles. The first kappa shape index (κ1) is 16.4. The Labute approximate surface area is 142 Å². The second-order valence-electron chi connectivity index (χ2n) is 6.37. The first-order chi connectivity index (χ1) is 10.7. The molecular weight excluding hydrogens is 319 g/mol. The molecule has 2 fully saturated rings. The van der Waals surface area contributed by atoms with Crippen LogP contribution >= 0.6 is 23.2 Å². The topological polar surface area (TPSA) is 24.5 Å². The zero-order chi connectivity index (χ0) is 15.4. The first-order valence-corrected chi connectivity index (χ1v) is 9.00. The maximum Gasteiger partial charge on any atom is 0.156 e. The van der Waals surface area contributed by atoms with Gasteiger partial charge < -0.3 is 10.1 Å². The van der Waals surface area contributed by atoms with Crippen LogP contribution in [0.3, 0.4) is 0 Å². The predicted octanol–water partition coefficient (Wildman–Crippen LogP) is 3.84. The van der Waals surface area contributed by atoms with Gasteiger partial charge in [0.05, 0.1) is 10.0 Å². The Bertz CT molecular complexity index is 465. The Hall–Kier alpha value is -0.480. The van der Waals surface area contributed by atoms with Crippen LogP contribution in [-0.4, -0.2) is 43.7 Å². The average Bonchev–Trinajstić information content (AvgIpc) is 3.34. The van der Waals surface area contributed by atoms with Gasteiger partial charge in [0.1, 0.15) is 6.61 Å². The molecule has 1 aromatic rings. The van der Waals surface area contributed by atoms with Gasteiger partial charge >= 0.3 is 0 Å². The normalized spacial score (nSPS) is 20.3. The summed E-state index contributed by atoms with van der Waals surface area (Å²) in [6.07, 6.45) is 5.32. The Balaban J connectivity index is 1.34. The largest absolute Gasteiger partial charge is 0.489 e. The highest BCUT2D eigenvalue weighted by Gasteiger charge is 2.24. The summed E-state index contributed by atoms with van der Waals surface area (Å²) in [5.41, 5.74) is 0. The summed E-state index contributed by atoms with van der Waals surface area (Å²) >= 11 is 12.2. The molecule has 3 rings (SSSR count). The standard InChI is InChI=1S/C17H24Cl2N2O/c18-15-2-1-3-16(19)17(15)22-11-10-21-8-6-14(7-9-21)20-12-13-4-5-13/h1-3,13-14,20H,4-12H2. The van der Waals surface area contributed by atoms with Gasteiger partial charge in [0, 0.05) is 12.6 Å². The number of rotatable bonds is 7. The number of halogens is 2. The number of benzene rings is 1. The lowest BCUT2D eigenvalue weighted by molar-refractivity contribution is 0.164. The number of ether oxygens (including phenoxy) is 1. The van der Waals surface area contributed by atoms with Crippen molar-refractivity contribution in [2.75, 3.05) is 32.8 Å². The van der Waals surface area contributed by atoms with E-state index in [0.717, 1.165) is 25.6 Å². The SMILES string of the molecule is Clc1cccc(Cl)c1OCCN1CCC(NCC2CC2)CC1. The molecule has 1 N–H and O–H groups in total. The van der Waals surface area contributed by atoms with Gasteiger partial charge in [-0.3, -0.25) is 4.90 Å². The number of nitrogens with one attached hydrogen (secondary N) is 1. The molecule has 5 heteroatoms. The van der Waals surface area contributed by atoms with Crippen molar-refractivity contribution in [1.82, 2.24) is 10.2 Å². The summed E-state index contributed by atoms with van der Waals surface area (Å²) in [4.78, 5) is 2.46. The number of likely N-dealkylation sites (tertiary alicyclic amines) is 1. The van der Waals surface area contributed by atoms with Crippen LogP contribution in [0.25, 0.3) is 0 Å². The summed E-state index contributed by atoms with van der Waals surface area (Å²) in [6, 6.07) is 6.15. The highest BCUT2D eigenvalue weighted by Crippen LogP contribution is 2.32. The summed E-state index contributed by atoms with van der Waals surface area (Å²) in [5.74, 6) is 1.57. The summed E-state index contributed by atoms with van der Waals surface area (Å²) in [6.45, 7) is 5.06. The van der Waals surface area contributed by atoms with Crippen LogP contribution in [-0.2, 0) is 0 Å². The van der Waals surface area contributed by atoms with Crippen molar-refractivity contribution in [3.63, 3.8) is 0 Å². The fraction of sp³-hybridized carbons (Fsp3) is 0.647. The molecule has 1 aliphatic carbocycles. The van der Waals surface area contributed by atoms with Gasteiger partial charge in [-0.15, -0.1) is 0 Å². The summed E-state index contributed by atoms with van der Waals surface area (Å²) < 4.78 is 5.76. The number of piperidine rings is 1. The van der Waals surface area contributed by atoms with Gasteiger partial charge in [-0.1, -0.05) is 29.3 Å². The van der Waals surface area contributed by atoms with Gasteiger partial charge in [-0.25, -0.2) is 0 Å². The quantitative estimate of drug-likeness (QED) is 0.814. The van der Waals surface area contributed by atoms with Gasteiger partial charge in [-0.2, -0.15) is 0 Å². The number of hydrogen-bond acceptors (Lipinski definition) is 3. The number of nitrogens with zero attached hydrogens (tertiary/aromatic N) is 1. The molecule has 1 saturated carbocycles. The van der Waals surface area contributed by atoms with Gasteiger partial charge in [-0.05, 0) is 63.4 Å². The molecule has 1 heterocycles. The van der Waals surface area contributed by atoms with Gasteiger partial charge in [0.25, 0.3) is 0 Å². The molecule has 22 heavy (non-hydrogen) atoms. The van der Waals surface area contributed by atoms with Crippen molar-refractivity contribution >= 4 is 23.2 Å². The molecule has 0 bridgehead atoms. The van der Waals surface area contributed by atoms with E-state index in [1.807, 2.05) is 6.07 Å². The predicted molar refractivity (Wildman–Crippen MR) is 92.1 cm³/mol. The van der Waals surface area contributed by atoms with E-state index in [4.69, 9.17) is 27.9 Å². The molecule has 1 aliphatic heterocycles. The van der Waals surface area contributed by atoms with Crippen molar-refractivity contribution in [2.45, 2.75) is 31.7 Å². The van der Waals surface area contributed by atoms with Crippen LogP contribution in [0.5, 0.6) is 5.75 Å². The molecule has 0 aromatic heterocycles. The minimum absolute atomic E-state index is 0.579. The smallest absolute Gasteiger partial charge is 0.156 e. The molecular formula is C17H24Cl2N2O. The van der Waals surface area contributed by atoms with Crippen molar-refractivity contribution in [1.29, 1.82) is 0 Å². The van der Waals surface area contributed by atoms with Crippen molar-refractivity contribution < 1.29 is 4.74 Å². The van der Waals surface area contributed by atoms with E-state index < -0.39 is 0 Å². The van der Waals surface area contributed by atoms with Crippen LogP contribution in [0.15, 0.2) is 18.2 Å². The van der Waals surface area contributed by atoms with Crippen molar-refractivity contribution in [3.8, 4) is 5.75 Å². The Morgan fingerprint density at radius 3 is 2.41 bits per heavy atom. The third-order valence-corrected chi connectivity index (χ3v) is 5.15. The summed E-state index contributed by atoms with van der Waals surface area (Å²) in [5, 5.41) is 4.87. The lowest BCUT2D eigenvalue weighted by Gasteiger charge is -2.32. The van der Waals surface area contributed by atoms with Crippen LogP contribution < -0.4 is 10.1 Å². The minimum atomic E-state index is 0.579. The molecule has 0 radical (unpaired) electrons. The summed E-state index contributed by atoms with van der Waals surface area (Å²) in [7, 11) is 0. The van der Waals surface area contributed by atoms with Crippen LogP contribution in [0, 0.1) is 5.92 Å². The molecule has 0 unspecified atom stereocenters. The molecule has 1 saturated heterocycles. The highest BCUT2D eigenvalue weighted by atomic mass is 35.5. The van der Waals surface area contributed by atoms with Crippen molar-refractivity contribution in [3.05, 3.63) is 28.2 Å². The van der Waals surface area contributed by atoms with Gasteiger partial charge in [0.2, 0.25) is 0 Å². The highest BCUT2D eigenvalue weighted by molar-refractivity contribution is 6.37. The van der Waals surface area contributed by atoms with Crippen molar-refractivity contribution in [2.24, 2.45) is 5.92 Å². The zero-order valence-electron chi connectivity index (χ0n) is 12.9. The minimum Gasteiger partial charge on any atom is -0.489 e. The molecule has 0 atom stereocenters. The maximum atomic E-state index is 6.10. The van der Waals surface area contributed by atoms with E-state index in [9.17, 15) is 0 Å². The van der Waals surface area contributed by atoms with Gasteiger partial charge in [0.15, 0.2) is 5.75 Å². The first-order valence-electron chi connectivity index (χ1n) is 8.25. The maximum absolute atomic E-state index is 6.10. The van der Waals surface area contributed by atoms with E-state index in [-0.39, 0.29) is 0 Å². The Morgan fingerprint density at radius 1 is 1.09 bits per heavy atom. The van der Waals surface area contributed by atoms with E-state index in [0.29, 0.717) is 28.4 Å². The van der Waals surface area contributed by atoms with E-state index >= 15 is 0 Å². The third kappa shape index (κ3) is 4.76. The fourth-order valence-corrected chi connectivity index (χ4v) is 3.42. The van der Waals surface area contributed by atoms with E-state index in [1.54, 1.807) is 12.1 Å². The molecule has 0 spiro atoms. The lowest BCUT2D eigenvalue weighted by atomic mass is 10.0. The second-order valence-corrected chi connectivity index (χ2v) is 7.18. The van der Waals surface area contributed by atoms with Crippen LogP contribution in [0.4, 0.5) is 0 Å². The second kappa shape index (κ2) is 7.87. The zero-order valence-corrected chi connectivity index (χ0v) is 14.4. The van der Waals surface area contributed by atoms with E-state index in [2.05, 4.69) is 10.2 Å². The molecule has 2 aliphatic rings. The van der Waals surface area contributed by atoms with Crippen LogP contribution in [0.1, 0.15) is 25.7 Å². The third-order valence-electron chi connectivity index (χ3n) is 4.55. The Kier molecular flexibility index (Phi) is 5.86. The molecule has 0 amide bonds. The number of hydrogen-bond donors (Lipinski definition) is 1. The average molecular weight is 343 g/mol. The Morgan fingerprint density at radius 2 is 1.77 bits per heavy atom.